The first-order chi connectivity index (χ1) is 5.70. The molecule has 0 fully saturated rings. The van der Waals surface area contributed by atoms with Gasteiger partial charge in [0.15, 0.2) is 0 Å². The van der Waals surface area contributed by atoms with Crippen molar-refractivity contribution in [3.8, 4) is 0 Å². The average Bonchev–Trinajstić information content (AvgIpc) is 2.06. The van der Waals surface area contributed by atoms with Crippen molar-refractivity contribution in [1.29, 1.82) is 0 Å². The van der Waals surface area contributed by atoms with E-state index in [0.29, 0.717) is 12.0 Å². The van der Waals surface area contributed by atoms with Crippen LogP contribution in [0.1, 0.15) is 20.3 Å². The van der Waals surface area contributed by atoms with E-state index in [1.807, 2.05) is 0 Å². The Labute approximate surface area is 75.4 Å². The van der Waals surface area contributed by atoms with E-state index in [1.54, 1.807) is 0 Å². The van der Waals surface area contributed by atoms with Gasteiger partial charge in [-0.25, -0.2) is 0 Å². The van der Waals surface area contributed by atoms with Gasteiger partial charge < -0.3 is 5.73 Å². The van der Waals surface area contributed by atoms with Gasteiger partial charge in [0.05, 0.1) is 0 Å². The zero-order chi connectivity index (χ0) is 8.97. The summed E-state index contributed by atoms with van der Waals surface area (Å²) in [6.07, 6.45) is 5.67. The van der Waals surface area contributed by atoms with Gasteiger partial charge in [-0.3, -0.25) is 4.90 Å². The lowest BCUT2D eigenvalue weighted by Crippen LogP contribution is -2.41. The maximum absolute atomic E-state index is 5.98. The molecule has 0 aromatic heterocycles. The number of nitrogens with zero attached hydrogens (tertiary/aromatic N) is 1. The highest BCUT2D eigenvalue weighted by Crippen LogP contribution is 2.05. The normalized spacial score (nSPS) is 21.7. The van der Waals surface area contributed by atoms with Crippen LogP contribution in [0.3, 0.4) is 0 Å². The van der Waals surface area contributed by atoms with Crippen molar-refractivity contribution in [3.63, 3.8) is 0 Å². The molecular weight excluding hydrogens is 148 g/mol. The van der Waals surface area contributed by atoms with Crippen molar-refractivity contribution < 1.29 is 0 Å². The molecule has 0 saturated heterocycles. The van der Waals surface area contributed by atoms with Gasteiger partial charge in [0.25, 0.3) is 0 Å². The van der Waals surface area contributed by atoms with Gasteiger partial charge in [0, 0.05) is 25.7 Å². The summed E-state index contributed by atoms with van der Waals surface area (Å²) in [4.78, 5) is 2.42. The van der Waals surface area contributed by atoms with E-state index in [2.05, 4.69) is 30.9 Å². The van der Waals surface area contributed by atoms with Crippen LogP contribution < -0.4 is 5.73 Å². The van der Waals surface area contributed by atoms with Crippen LogP contribution >= 0.6 is 0 Å². The molecule has 1 atom stereocenters. The third kappa shape index (κ3) is 2.95. The van der Waals surface area contributed by atoms with Gasteiger partial charge in [0.2, 0.25) is 0 Å². The summed E-state index contributed by atoms with van der Waals surface area (Å²) in [6.45, 7) is 7.67. The maximum atomic E-state index is 5.98. The molecule has 1 unspecified atom stereocenters. The van der Waals surface area contributed by atoms with E-state index < -0.39 is 0 Å². The molecule has 1 aliphatic heterocycles. The largest absolute Gasteiger partial charge is 0.326 e. The van der Waals surface area contributed by atoms with Crippen molar-refractivity contribution in [2.75, 3.05) is 19.6 Å². The average molecular weight is 168 g/mol. The number of hydrogen-bond donors (Lipinski definition) is 1. The number of nitrogens with two attached hydrogens (primary N) is 1. The molecule has 0 amide bonds. The minimum Gasteiger partial charge on any atom is -0.326 e. The summed E-state index contributed by atoms with van der Waals surface area (Å²) in [5, 5.41) is 0. The van der Waals surface area contributed by atoms with Gasteiger partial charge in [0.1, 0.15) is 0 Å². The van der Waals surface area contributed by atoms with Gasteiger partial charge in [-0.15, -0.1) is 0 Å². The van der Waals surface area contributed by atoms with Crippen LogP contribution in [0.5, 0.6) is 0 Å². The molecule has 0 saturated carbocycles. The third-order valence-corrected chi connectivity index (χ3v) is 2.47. The molecule has 1 heterocycles. The Morgan fingerprint density at radius 2 is 2.17 bits per heavy atom. The third-order valence-electron chi connectivity index (χ3n) is 2.47. The Hall–Kier alpha value is -0.340. The van der Waals surface area contributed by atoms with Crippen LogP contribution in [0, 0.1) is 5.92 Å². The Kier molecular flexibility index (Phi) is 3.76. The molecule has 1 rings (SSSR count). The second-order valence-electron chi connectivity index (χ2n) is 3.93. The van der Waals surface area contributed by atoms with Crippen LogP contribution in [0.25, 0.3) is 0 Å². The van der Waals surface area contributed by atoms with Crippen molar-refractivity contribution >= 4 is 0 Å². The van der Waals surface area contributed by atoms with Gasteiger partial charge >= 0.3 is 0 Å². The molecule has 2 heteroatoms. The molecule has 12 heavy (non-hydrogen) atoms. The van der Waals surface area contributed by atoms with Gasteiger partial charge in [-0.2, -0.15) is 0 Å². The Balaban J connectivity index is 2.25. The lowest BCUT2D eigenvalue weighted by atomic mass is 10.0. The highest BCUT2D eigenvalue weighted by molar-refractivity contribution is 4.91. The molecule has 0 spiro atoms. The van der Waals surface area contributed by atoms with E-state index in [4.69, 9.17) is 5.73 Å². The predicted octanol–water partition coefficient (Wildman–Crippen LogP) is 1.23. The Morgan fingerprint density at radius 1 is 1.42 bits per heavy atom. The molecule has 0 aromatic carbocycles. The fraction of sp³-hybridized carbons (Fsp3) is 0.800. The molecule has 70 valence electrons. The van der Waals surface area contributed by atoms with Crippen molar-refractivity contribution in [2.45, 2.75) is 26.3 Å². The Bertz CT molecular complexity index is 152. The molecule has 0 aliphatic carbocycles. The lowest BCUT2D eigenvalue weighted by molar-refractivity contribution is 0.257. The maximum Gasteiger partial charge on any atom is 0.0191 e. The fourth-order valence-corrected chi connectivity index (χ4v) is 1.36. The second-order valence-corrected chi connectivity index (χ2v) is 3.93. The van der Waals surface area contributed by atoms with E-state index >= 15 is 0 Å². The highest BCUT2D eigenvalue weighted by Gasteiger charge is 2.13. The second kappa shape index (κ2) is 4.63. The highest BCUT2D eigenvalue weighted by atomic mass is 15.1. The fourth-order valence-electron chi connectivity index (χ4n) is 1.36. The van der Waals surface area contributed by atoms with Crippen molar-refractivity contribution in [1.82, 2.24) is 4.90 Å². The lowest BCUT2D eigenvalue weighted by Gasteiger charge is -2.27. The van der Waals surface area contributed by atoms with Gasteiger partial charge in [-0.1, -0.05) is 26.0 Å². The van der Waals surface area contributed by atoms with E-state index in [-0.39, 0.29) is 0 Å². The monoisotopic (exact) mass is 168 g/mol. The molecule has 2 nitrogen and oxygen atoms in total. The topological polar surface area (TPSA) is 29.3 Å². The summed E-state index contributed by atoms with van der Waals surface area (Å²) in [6, 6.07) is 0.330. The summed E-state index contributed by atoms with van der Waals surface area (Å²) in [7, 11) is 0. The summed E-state index contributed by atoms with van der Waals surface area (Å²) in [5.74, 6) is 0.593. The Morgan fingerprint density at radius 3 is 2.67 bits per heavy atom. The van der Waals surface area contributed by atoms with Crippen LogP contribution in [0.2, 0.25) is 0 Å². The van der Waals surface area contributed by atoms with E-state index in [9.17, 15) is 0 Å². The van der Waals surface area contributed by atoms with Crippen LogP contribution in [-0.2, 0) is 0 Å². The van der Waals surface area contributed by atoms with Crippen LogP contribution in [0.4, 0.5) is 0 Å². The quantitative estimate of drug-likeness (QED) is 0.642. The molecular formula is C10H20N2. The molecule has 0 aromatic rings. The predicted molar refractivity (Wildman–Crippen MR) is 53.0 cm³/mol. The number of hydrogen-bond acceptors (Lipinski definition) is 2. The molecule has 0 bridgehead atoms. The first-order valence-corrected chi connectivity index (χ1v) is 4.83. The smallest absolute Gasteiger partial charge is 0.0191 e. The van der Waals surface area contributed by atoms with Crippen molar-refractivity contribution in [3.05, 3.63) is 12.2 Å². The first kappa shape index (κ1) is 9.75. The molecule has 1 aliphatic rings. The van der Waals surface area contributed by atoms with Crippen molar-refractivity contribution in [2.24, 2.45) is 11.7 Å². The SMILES string of the molecule is CC(C)C(N)CN1CC=CCC1. The summed E-state index contributed by atoms with van der Waals surface area (Å²) < 4.78 is 0. The minimum atomic E-state index is 0.330. The molecule has 0 radical (unpaired) electrons. The zero-order valence-electron chi connectivity index (χ0n) is 8.16. The standard InChI is InChI=1S/C10H20N2/c1-9(2)10(11)8-12-6-4-3-5-7-12/h3-4,9-10H,5-8,11H2,1-2H3. The van der Waals surface area contributed by atoms with Crippen LogP contribution in [-0.4, -0.2) is 30.6 Å². The summed E-state index contributed by atoms with van der Waals surface area (Å²) >= 11 is 0. The first-order valence-electron chi connectivity index (χ1n) is 4.83. The zero-order valence-corrected chi connectivity index (χ0v) is 8.16. The summed E-state index contributed by atoms with van der Waals surface area (Å²) in [5.41, 5.74) is 5.98. The molecule has 2 N–H and O–H groups in total. The minimum absolute atomic E-state index is 0.330. The van der Waals surface area contributed by atoms with Gasteiger partial charge in [-0.05, 0) is 12.3 Å². The van der Waals surface area contributed by atoms with Crippen LogP contribution in [0.15, 0.2) is 12.2 Å². The number of rotatable bonds is 3. The van der Waals surface area contributed by atoms with E-state index in [0.717, 1.165) is 13.1 Å². The van der Waals surface area contributed by atoms with E-state index in [1.165, 1.54) is 13.0 Å².